The smallest absolute Gasteiger partial charge is 0.292 e. The van der Waals surface area contributed by atoms with Gasteiger partial charge in [0.05, 0.1) is 11.1 Å². The molecule has 2 N–H and O–H groups in total. The molecule has 4 nitrogen and oxygen atoms in total. The predicted octanol–water partition coefficient (Wildman–Crippen LogP) is 1.07. The van der Waals surface area contributed by atoms with Crippen LogP contribution in [0.5, 0.6) is 0 Å². The lowest BCUT2D eigenvalue weighted by Crippen LogP contribution is -2.41. The lowest BCUT2D eigenvalue weighted by molar-refractivity contribution is 0.110. The highest BCUT2D eigenvalue weighted by atomic mass is 32.2. The van der Waals surface area contributed by atoms with Crippen LogP contribution in [0.2, 0.25) is 0 Å². The van der Waals surface area contributed by atoms with Crippen LogP contribution in [-0.4, -0.2) is 14.0 Å². The number of nitrogens with two attached hydrogens (primary N) is 1. The summed E-state index contributed by atoms with van der Waals surface area (Å²) in [5.74, 6) is 0. The summed E-state index contributed by atoms with van der Waals surface area (Å²) in [6.07, 6.45) is 1.94. The first-order valence-corrected chi connectivity index (χ1v) is 6.98. The standard InChI is InChI=1S/C12H13NO3S/c13-11-8-17(14,15)16-12(11)6-5-9-3-1-2-4-10(9)7-12/h1-4,8H,5-7,13H2. The third-order valence-corrected chi connectivity index (χ3v) is 4.56. The van der Waals surface area contributed by atoms with Crippen molar-refractivity contribution in [1.29, 1.82) is 0 Å². The van der Waals surface area contributed by atoms with Crippen LogP contribution in [0.1, 0.15) is 17.5 Å². The molecule has 1 aliphatic heterocycles. The van der Waals surface area contributed by atoms with Crippen molar-refractivity contribution >= 4 is 10.1 Å². The molecular weight excluding hydrogens is 238 g/mol. The Kier molecular flexibility index (Phi) is 2.12. The van der Waals surface area contributed by atoms with E-state index in [4.69, 9.17) is 9.92 Å². The molecule has 1 aromatic carbocycles. The molecular formula is C12H13NO3S. The van der Waals surface area contributed by atoms with Crippen molar-refractivity contribution in [1.82, 2.24) is 0 Å². The molecule has 1 atom stereocenters. The predicted molar refractivity (Wildman–Crippen MR) is 63.5 cm³/mol. The fraction of sp³-hybridized carbons (Fsp3) is 0.333. The summed E-state index contributed by atoms with van der Waals surface area (Å²) in [7, 11) is -3.59. The van der Waals surface area contributed by atoms with Gasteiger partial charge in [-0.15, -0.1) is 0 Å². The largest absolute Gasteiger partial charge is 0.399 e. The molecule has 5 heteroatoms. The van der Waals surface area contributed by atoms with Gasteiger partial charge in [0.25, 0.3) is 10.1 Å². The first-order chi connectivity index (χ1) is 8.01. The van der Waals surface area contributed by atoms with Crippen LogP contribution < -0.4 is 5.73 Å². The van der Waals surface area contributed by atoms with Crippen molar-refractivity contribution in [3.63, 3.8) is 0 Å². The van der Waals surface area contributed by atoms with E-state index < -0.39 is 15.7 Å². The Bertz CT molecular complexity index is 606. The minimum atomic E-state index is -3.59. The molecule has 0 fully saturated rings. The zero-order valence-corrected chi connectivity index (χ0v) is 10.0. The molecule has 1 unspecified atom stereocenters. The number of benzene rings is 1. The average molecular weight is 251 g/mol. The number of hydrogen-bond acceptors (Lipinski definition) is 4. The summed E-state index contributed by atoms with van der Waals surface area (Å²) >= 11 is 0. The normalized spacial score (nSPS) is 30.0. The lowest BCUT2D eigenvalue weighted by Gasteiger charge is -2.33. The molecule has 1 heterocycles. The molecule has 0 bridgehead atoms. The van der Waals surface area contributed by atoms with E-state index in [1.54, 1.807) is 0 Å². The highest BCUT2D eigenvalue weighted by Crippen LogP contribution is 2.40. The van der Waals surface area contributed by atoms with Crippen molar-refractivity contribution < 1.29 is 12.6 Å². The lowest BCUT2D eigenvalue weighted by atomic mass is 9.79. The summed E-state index contributed by atoms with van der Waals surface area (Å²) in [5.41, 5.74) is 7.69. The molecule has 1 spiro atoms. The van der Waals surface area contributed by atoms with Gasteiger partial charge in [0.15, 0.2) is 0 Å². The van der Waals surface area contributed by atoms with Gasteiger partial charge in [0.2, 0.25) is 0 Å². The second-order valence-electron chi connectivity index (χ2n) is 4.59. The summed E-state index contributed by atoms with van der Waals surface area (Å²) in [6.45, 7) is 0. The van der Waals surface area contributed by atoms with Crippen LogP contribution in [-0.2, 0) is 27.1 Å². The molecule has 0 saturated carbocycles. The first kappa shape index (κ1) is 10.8. The number of hydrogen-bond donors (Lipinski definition) is 1. The van der Waals surface area contributed by atoms with E-state index in [1.807, 2.05) is 18.2 Å². The van der Waals surface area contributed by atoms with E-state index in [9.17, 15) is 8.42 Å². The molecule has 1 aliphatic carbocycles. The first-order valence-electron chi connectivity index (χ1n) is 5.51. The minimum Gasteiger partial charge on any atom is -0.399 e. The summed E-state index contributed by atoms with van der Waals surface area (Å²) in [4.78, 5) is 0. The van der Waals surface area contributed by atoms with Crippen LogP contribution in [0.3, 0.4) is 0 Å². The Hall–Kier alpha value is -1.33. The average Bonchev–Trinajstić information content (AvgIpc) is 2.48. The molecule has 90 valence electrons. The highest BCUT2D eigenvalue weighted by molar-refractivity contribution is 7.90. The Morgan fingerprint density at radius 1 is 1.24 bits per heavy atom. The van der Waals surface area contributed by atoms with E-state index in [2.05, 4.69) is 6.07 Å². The van der Waals surface area contributed by atoms with Crippen molar-refractivity contribution in [2.75, 3.05) is 0 Å². The Morgan fingerprint density at radius 3 is 2.59 bits per heavy atom. The zero-order chi connectivity index (χ0) is 12.1. The summed E-state index contributed by atoms with van der Waals surface area (Å²) in [5, 5.41) is 1.04. The van der Waals surface area contributed by atoms with Gasteiger partial charge < -0.3 is 5.73 Å². The van der Waals surface area contributed by atoms with E-state index in [-0.39, 0.29) is 0 Å². The molecule has 1 aromatic rings. The van der Waals surface area contributed by atoms with E-state index in [0.717, 1.165) is 17.4 Å². The maximum atomic E-state index is 11.4. The second kappa shape index (κ2) is 3.34. The Morgan fingerprint density at radius 2 is 1.94 bits per heavy atom. The summed E-state index contributed by atoms with van der Waals surface area (Å²) in [6, 6.07) is 7.99. The van der Waals surface area contributed by atoms with Crippen LogP contribution in [0.4, 0.5) is 0 Å². The Labute approximate surface area is 100 Å². The number of fused-ring (bicyclic) bond motifs is 1. The molecule has 0 saturated heterocycles. The Balaban J connectivity index is 2.03. The SMILES string of the molecule is NC1=CS(=O)(=O)OC12CCc1ccccc1C2. The van der Waals surface area contributed by atoms with E-state index in [0.29, 0.717) is 18.5 Å². The minimum absolute atomic E-state index is 0.326. The van der Waals surface area contributed by atoms with E-state index >= 15 is 0 Å². The zero-order valence-electron chi connectivity index (χ0n) is 9.22. The summed E-state index contributed by atoms with van der Waals surface area (Å²) < 4.78 is 28.1. The van der Waals surface area contributed by atoms with Crippen LogP contribution in [0, 0.1) is 0 Å². The van der Waals surface area contributed by atoms with Crippen molar-refractivity contribution in [2.45, 2.75) is 24.9 Å². The second-order valence-corrected chi connectivity index (χ2v) is 5.98. The van der Waals surface area contributed by atoms with Crippen molar-refractivity contribution in [3.05, 3.63) is 46.5 Å². The fourth-order valence-electron chi connectivity index (χ4n) is 2.58. The van der Waals surface area contributed by atoms with Crippen LogP contribution >= 0.6 is 0 Å². The molecule has 0 amide bonds. The molecule has 0 radical (unpaired) electrons. The van der Waals surface area contributed by atoms with Gasteiger partial charge in [-0.3, -0.25) is 4.18 Å². The third kappa shape index (κ3) is 1.66. The third-order valence-electron chi connectivity index (χ3n) is 3.47. The van der Waals surface area contributed by atoms with Gasteiger partial charge in [-0.1, -0.05) is 24.3 Å². The maximum Gasteiger partial charge on any atom is 0.292 e. The van der Waals surface area contributed by atoms with Crippen LogP contribution in [0.15, 0.2) is 35.4 Å². The van der Waals surface area contributed by atoms with Gasteiger partial charge in [-0.25, -0.2) is 0 Å². The van der Waals surface area contributed by atoms with Gasteiger partial charge >= 0.3 is 0 Å². The number of rotatable bonds is 0. The van der Waals surface area contributed by atoms with Crippen molar-refractivity contribution in [3.8, 4) is 0 Å². The fourth-order valence-corrected chi connectivity index (χ4v) is 3.84. The molecule has 0 aromatic heterocycles. The van der Waals surface area contributed by atoms with Crippen molar-refractivity contribution in [2.24, 2.45) is 5.73 Å². The van der Waals surface area contributed by atoms with Crippen LogP contribution in [0.25, 0.3) is 0 Å². The molecule has 17 heavy (non-hydrogen) atoms. The highest BCUT2D eigenvalue weighted by Gasteiger charge is 2.46. The monoisotopic (exact) mass is 251 g/mol. The van der Waals surface area contributed by atoms with E-state index in [1.165, 1.54) is 5.56 Å². The topological polar surface area (TPSA) is 69.4 Å². The molecule has 2 aliphatic rings. The molecule has 3 rings (SSSR count). The van der Waals surface area contributed by atoms with Gasteiger partial charge in [-0.2, -0.15) is 8.42 Å². The number of aryl methyl sites for hydroxylation is 1. The van der Waals surface area contributed by atoms with Gasteiger partial charge in [0, 0.05) is 6.42 Å². The van der Waals surface area contributed by atoms with Gasteiger partial charge in [-0.05, 0) is 24.0 Å². The maximum absolute atomic E-state index is 11.4. The van der Waals surface area contributed by atoms with Gasteiger partial charge in [0.1, 0.15) is 5.60 Å². The quantitative estimate of drug-likeness (QED) is 0.700.